The van der Waals surface area contributed by atoms with Crippen molar-refractivity contribution < 1.29 is 17.9 Å². The lowest BCUT2D eigenvalue weighted by Crippen LogP contribution is -2.53. The van der Waals surface area contributed by atoms with E-state index in [9.17, 15) is 13.2 Å². The van der Waals surface area contributed by atoms with E-state index in [4.69, 9.17) is 4.74 Å². The zero-order valence-corrected chi connectivity index (χ0v) is 16.8. The largest absolute Gasteiger partial charge is 0.456 e. The Hall–Kier alpha value is -2.12. The summed E-state index contributed by atoms with van der Waals surface area (Å²) < 4.78 is 34.5. The second kappa shape index (κ2) is 5.45. The van der Waals surface area contributed by atoms with Crippen LogP contribution < -0.4 is 0 Å². The number of rotatable bonds is 1. The van der Waals surface area contributed by atoms with Crippen molar-refractivity contribution in [1.82, 2.24) is 4.31 Å². The third kappa shape index (κ3) is 2.21. The van der Waals surface area contributed by atoms with Gasteiger partial charge in [-0.05, 0) is 36.8 Å². The second-order valence-electron chi connectivity index (χ2n) is 7.26. The molecule has 0 aliphatic carbocycles. The van der Waals surface area contributed by atoms with E-state index in [2.05, 4.69) is 15.9 Å². The lowest BCUT2D eigenvalue weighted by atomic mass is 9.75. The highest BCUT2D eigenvalue weighted by Gasteiger charge is 2.61. The number of nitrogens with zero attached hydrogens (tertiary/aromatic N) is 1. The van der Waals surface area contributed by atoms with E-state index < -0.39 is 21.7 Å². The summed E-state index contributed by atoms with van der Waals surface area (Å²) in [6.45, 7) is 1.83. The van der Waals surface area contributed by atoms with Crippen molar-refractivity contribution >= 4 is 37.6 Å². The Kier molecular flexibility index (Phi) is 3.44. The molecule has 2 aromatic carbocycles. The van der Waals surface area contributed by atoms with Gasteiger partial charge in [0.25, 0.3) is 10.0 Å². The molecule has 3 atom stereocenters. The van der Waals surface area contributed by atoms with Crippen LogP contribution in [0.5, 0.6) is 0 Å². The van der Waals surface area contributed by atoms with Crippen LogP contribution in [0, 0.1) is 0 Å². The first-order chi connectivity index (χ1) is 12.8. The minimum absolute atomic E-state index is 0.0472. The van der Waals surface area contributed by atoms with Crippen LogP contribution in [0.1, 0.15) is 30.4 Å². The van der Waals surface area contributed by atoms with E-state index in [1.165, 1.54) is 4.31 Å². The molecule has 1 saturated heterocycles. The van der Waals surface area contributed by atoms with Gasteiger partial charge in [-0.3, -0.25) is 9.10 Å². The summed E-state index contributed by atoms with van der Waals surface area (Å²) in [5, 5.41) is 0. The van der Waals surface area contributed by atoms with Gasteiger partial charge in [-0.15, -0.1) is 0 Å². The summed E-state index contributed by atoms with van der Waals surface area (Å²) in [7, 11) is -3.71. The molecule has 3 aliphatic rings. The fourth-order valence-corrected chi connectivity index (χ4v) is 6.88. The van der Waals surface area contributed by atoms with E-state index in [-0.39, 0.29) is 23.2 Å². The molecule has 0 bridgehead atoms. The van der Waals surface area contributed by atoms with Crippen molar-refractivity contribution in [3.05, 3.63) is 70.2 Å². The summed E-state index contributed by atoms with van der Waals surface area (Å²) >= 11 is 3.50. The molecule has 3 heterocycles. The van der Waals surface area contributed by atoms with E-state index in [0.717, 1.165) is 10.0 Å². The molecule has 7 heteroatoms. The molecule has 3 aliphatic heterocycles. The average Bonchev–Trinajstić information content (AvgIpc) is 3.05. The number of ether oxygens (including phenoxy) is 1. The number of sulfonamides is 1. The highest BCUT2D eigenvalue weighted by molar-refractivity contribution is 9.10. The molecule has 5 rings (SSSR count). The van der Waals surface area contributed by atoms with E-state index in [1.54, 1.807) is 12.1 Å². The standard InChI is InChI=1S/C20H16BrNO4S/c1-20-15(12-5-4-6-13(21)9-12)10-16-14-7-2-3-8-17(14)27(24,25)22(16)18(20)11-19(23)26-20/h2-10,15,18H,11H2,1H3/t15?,18?,20-/m0/s1. The summed E-state index contributed by atoms with van der Waals surface area (Å²) in [5.41, 5.74) is 1.33. The molecule has 2 unspecified atom stereocenters. The van der Waals surface area contributed by atoms with Crippen LogP contribution in [0.2, 0.25) is 0 Å². The number of hydrogen-bond acceptors (Lipinski definition) is 4. The SMILES string of the molecule is C[C@@]12OC(=O)CC1N1C(=CC2c2cccc(Br)c2)c2ccccc2S1(=O)=O. The summed E-state index contributed by atoms with van der Waals surface area (Å²) in [5.74, 6) is -0.623. The van der Waals surface area contributed by atoms with Crippen LogP contribution >= 0.6 is 15.9 Å². The van der Waals surface area contributed by atoms with Gasteiger partial charge >= 0.3 is 5.97 Å². The third-order valence-corrected chi connectivity index (χ3v) is 8.10. The number of fused-ring (bicyclic) bond motifs is 5. The van der Waals surface area contributed by atoms with E-state index in [0.29, 0.717) is 11.3 Å². The highest BCUT2D eigenvalue weighted by Crippen LogP contribution is 2.54. The van der Waals surface area contributed by atoms with Gasteiger partial charge in [0.05, 0.1) is 23.1 Å². The maximum absolute atomic E-state index is 13.2. The Balaban J connectivity index is 1.79. The van der Waals surface area contributed by atoms with Crippen LogP contribution in [0.3, 0.4) is 0 Å². The Labute approximate surface area is 165 Å². The summed E-state index contributed by atoms with van der Waals surface area (Å²) in [6.07, 6.45) is 1.98. The molecule has 0 saturated carbocycles. The van der Waals surface area contributed by atoms with Crippen LogP contribution in [-0.4, -0.2) is 30.3 Å². The van der Waals surface area contributed by atoms with Crippen LogP contribution in [-0.2, 0) is 19.6 Å². The zero-order valence-electron chi connectivity index (χ0n) is 14.4. The Morgan fingerprint density at radius 1 is 1.19 bits per heavy atom. The van der Waals surface area contributed by atoms with Gasteiger partial charge in [-0.2, -0.15) is 0 Å². The second-order valence-corrected chi connectivity index (χ2v) is 9.96. The molecule has 1 fully saturated rings. The van der Waals surface area contributed by atoms with Crippen molar-refractivity contribution in [3.8, 4) is 0 Å². The fourth-order valence-electron chi connectivity index (χ4n) is 4.51. The fraction of sp³-hybridized carbons (Fsp3) is 0.250. The molecule has 5 nitrogen and oxygen atoms in total. The number of hydrogen-bond donors (Lipinski definition) is 0. The van der Waals surface area contributed by atoms with Gasteiger partial charge in [0.2, 0.25) is 0 Å². The first-order valence-corrected chi connectivity index (χ1v) is 10.9. The molecule has 138 valence electrons. The van der Waals surface area contributed by atoms with Gasteiger partial charge in [0, 0.05) is 16.0 Å². The first-order valence-electron chi connectivity index (χ1n) is 8.65. The van der Waals surface area contributed by atoms with Crippen molar-refractivity contribution in [2.75, 3.05) is 0 Å². The smallest absolute Gasteiger partial charge is 0.308 e. The molecule has 0 spiro atoms. The number of benzene rings is 2. The Morgan fingerprint density at radius 3 is 2.74 bits per heavy atom. The van der Waals surface area contributed by atoms with Gasteiger partial charge in [-0.25, -0.2) is 8.42 Å². The molecule has 0 N–H and O–H groups in total. The van der Waals surface area contributed by atoms with Crippen LogP contribution in [0.15, 0.2) is 64.0 Å². The molecule has 27 heavy (non-hydrogen) atoms. The van der Waals surface area contributed by atoms with E-state index in [1.807, 2.05) is 49.4 Å². The number of carbonyl (C=O) groups excluding carboxylic acids is 1. The molecule has 0 aromatic heterocycles. The molecule has 0 radical (unpaired) electrons. The minimum atomic E-state index is -3.71. The minimum Gasteiger partial charge on any atom is -0.456 e. The third-order valence-electron chi connectivity index (χ3n) is 5.73. The van der Waals surface area contributed by atoms with Gasteiger partial charge in [0.15, 0.2) is 0 Å². The molecule has 2 aromatic rings. The lowest BCUT2D eigenvalue weighted by Gasteiger charge is -2.44. The highest BCUT2D eigenvalue weighted by atomic mass is 79.9. The van der Waals surface area contributed by atoms with Crippen LogP contribution in [0.25, 0.3) is 5.70 Å². The summed E-state index contributed by atoms with van der Waals surface area (Å²) in [4.78, 5) is 12.5. The van der Waals surface area contributed by atoms with Crippen molar-refractivity contribution in [1.29, 1.82) is 0 Å². The predicted molar refractivity (Wildman–Crippen MR) is 103 cm³/mol. The maximum atomic E-state index is 13.2. The predicted octanol–water partition coefficient (Wildman–Crippen LogP) is 3.67. The quantitative estimate of drug-likeness (QED) is 0.628. The van der Waals surface area contributed by atoms with Gasteiger partial charge in [-0.1, -0.05) is 46.3 Å². The normalized spacial score (nSPS) is 30.2. The number of esters is 1. The lowest BCUT2D eigenvalue weighted by molar-refractivity contribution is -0.149. The molecule has 0 amide bonds. The van der Waals surface area contributed by atoms with Gasteiger partial charge < -0.3 is 4.74 Å². The zero-order chi connectivity index (χ0) is 19.0. The van der Waals surface area contributed by atoms with Crippen molar-refractivity contribution in [2.45, 2.75) is 35.8 Å². The monoisotopic (exact) mass is 445 g/mol. The van der Waals surface area contributed by atoms with Crippen molar-refractivity contribution in [3.63, 3.8) is 0 Å². The topological polar surface area (TPSA) is 63.7 Å². The number of carbonyl (C=O) groups is 1. The number of halogens is 1. The Bertz CT molecular complexity index is 1130. The first kappa shape index (κ1) is 17.0. The average molecular weight is 446 g/mol. The maximum Gasteiger partial charge on any atom is 0.308 e. The van der Waals surface area contributed by atoms with Gasteiger partial charge in [0.1, 0.15) is 5.60 Å². The molecular weight excluding hydrogens is 430 g/mol. The summed E-state index contributed by atoms with van der Waals surface area (Å²) in [6, 6.07) is 14.2. The van der Waals surface area contributed by atoms with E-state index >= 15 is 0 Å². The van der Waals surface area contributed by atoms with Crippen molar-refractivity contribution in [2.24, 2.45) is 0 Å². The van der Waals surface area contributed by atoms with Crippen LogP contribution in [0.4, 0.5) is 0 Å². The Morgan fingerprint density at radius 2 is 1.96 bits per heavy atom. The molecular formula is C20H16BrNO4S.